The molecule has 0 spiro atoms. The molecular weight excluding hydrogens is 803 g/mol. The second-order valence-corrected chi connectivity index (χ2v) is 16.7. The summed E-state index contributed by atoms with van der Waals surface area (Å²) in [7, 11) is 0. The fraction of sp³-hybridized carbons (Fsp3) is 0.385. The van der Waals surface area contributed by atoms with Crippen molar-refractivity contribution in [3.05, 3.63) is 82.4 Å². The monoisotopic (exact) mass is 845 g/mol. The Labute approximate surface area is 346 Å². The number of fused-ring (bicyclic) bond motifs is 2. The number of amidine groups is 1. The molecule has 1 aromatic carbocycles. The predicted molar refractivity (Wildman–Crippen MR) is 216 cm³/mol. The van der Waals surface area contributed by atoms with Gasteiger partial charge in [-0.15, -0.1) is 23.1 Å². The van der Waals surface area contributed by atoms with E-state index in [1.165, 1.54) is 55.2 Å². The number of amides is 1. The van der Waals surface area contributed by atoms with Crippen LogP contribution in [0.1, 0.15) is 69.2 Å². The zero-order valence-corrected chi connectivity index (χ0v) is 33.9. The molecule has 1 amide bonds. The molecule has 59 heavy (non-hydrogen) atoms. The summed E-state index contributed by atoms with van der Waals surface area (Å²) in [5.74, 6) is -4.00. The van der Waals surface area contributed by atoms with Gasteiger partial charge in [0.2, 0.25) is 11.5 Å². The van der Waals surface area contributed by atoms with Crippen molar-refractivity contribution < 1.29 is 48.7 Å². The van der Waals surface area contributed by atoms with Crippen molar-refractivity contribution in [2.75, 3.05) is 11.5 Å². The maximum atomic E-state index is 13.5. The molecule has 7 rings (SSSR count). The van der Waals surface area contributed by atoms with E-state index in [2.05, 4.69) is 15.2 Å². The average Bonchev–Trinajstić information content (AvgIpc) is 3.82. The minimum atomic E-state index is -1.75. The van der Waals surface area contributed by atoms with Gasteiger partial charge in [-0.2, -0.15) is 5.10 Å². The second kappa shape index (κ2) is 18.2. The van der Waals surface area contributed by atoms with E-state index in [9.17, 15) is 29.4 Å². The number of Topliss-reactive ketones (excluding diaryl/α,β-unsaturated/α-hetero) is 1. The lowest BCUT2D eigenvalue weighted by atomic mass is 9.89. The van der Waals surface area contributed by atoms with E-state index in [-0.39, 0.29) is 47.4 Å². The highest BCUT2D eigenvalue weighted by atomic mass is 32.2. The van der Waals surface area contributed by atoms with E-state index in [0.717, 1.165) is 46.2 Å². The maximum absolute atomic E-state index is 13.5. The number of aliphatic imine (C=N–C) groups is 1. The number of thiazole rings is 1. The van der Waals surface area contributed by atoms with Gasteiger partial charge in [-0.1, -0.05) is 48.7 Å². The van der Waals surface area contributed by atoms with Crippen molar-refractivity contribution >= 4 is 80.8 Å². The molecule has 3 aliphatic rings. The SMILES string of the molecule is CC(C)(O/N=C(\C(=O)C[C@@H]1C(=O)N2C(C(=O)[O-])=C(C[n+]3ccc4c(cnn4Cc4ccc(C(N)=NC5CCCCC5)cc4)c3)CS[C@H]12)c1csc(N)n1)C(=O)O.O=CO. The quantitative estimate of drug-likeness (QED) is 0.0353. The normalized spacial score (nSPS) is 18.7. The van der Waals surface area contributed by atoms with Crippen molar-refractivity contribution in [3.63, 3.8) is 0 Å². The van der Waals surface area contributed by atoms with Gasteiger partial charge in [0, 0.05) is 34.8 Å². The first-order valence-electron chi connectivity index (χ1n) is 18.7. The summed E-state index contributed by atoms with van der Waals surface area (Å²) in [5, 5.41) is 39.1. The van der Waals surface area contributed by atoms with Gasteiger partial charge in [-0.05, 0) is 32.3 Å². The van der Waals surface area contributed by atoms with Crippen molar-refractivity contribution in [1.82, 2.24) is 19.7 Å². The number of benzene rings is 1. The molecule has 6 N–H and O–H groups in total. The smallest absolute Gasteiger partial charge is 0.350 e. The van der Waals surface area contributed by atoms with Crippen LogP contribution in [-0.4, -0.2) is 94.3 Å². The molecule has 2 aliphatic heterocycles. The van der Waals surface area contributed by atoms with Crippen molar-refractivity contribution in [3.8, 4) is 0 Å². The van der Waals surface area contributed by atoms with Gasteiger partial charge in [-0.25, -0.2) is 14.3 Å². The van der Waals surface area contributed by atoms with Gasteiger partial charge in [0.05, 0.1) is 52.6 Å². The van der Waals surface area contributed by atoms with E-state index in [1.807, 2.05) is 52.0 Å². The number of nitrogens with zero attached hydrogens (tertiary/aromatic N) is 7. The number of nitrogens with two attached hydrogens (primary N) is 2. The summed E-state index contributed by atoms with van der Waals surface area (Å²) in [6.45, 7) is 3.00. The molecule has 1 saturated carbocycles. The first-order chi connectivity index (χ1) is 28.2. The topological polar surface area (TPSA) is 273 Å². The van der Waals surface area contributed by atoms with Gasteiger partial charge in [0.1, 0.15) is 11.5 Å². The number of carboxylic acids is 2. The van der Waals surface area contributed by atoms with Crippen LogP contribution in [0.2, 0.25) is 0 Å². The molecule has 20 heteroatoms. The zero-order chi connectivity index (χ0) is 42.4. The van der Waals surface area contributed by atoms with E-state index < -0.39 is 40.5 Å². The Kier molecular flexibility index (Phi) is 13.1. The third-order valence-corrected chi connectivity index (χ3v) is 12.2. The summed E-state index contributed by atoms with van der Waals surface area (Å²) < 4.78 is 3.73. The number of oxime groups is 1. The Bertz CT molecular complexity index is 2350. The second-order valence-electron chi connectivity index (χ2n) is 14.7. The maximum Gasteiger partial charge on any atom is 0.350 e. The van der Waals surface area contributed by atoms with Crippen LogP contribution in [0.3, 0.4) is 0 Å². The van der Waals surface area contributed by atoms with Gasteiger partial charge < -0.3 is 36.4 Å². The largest absolute Gasteiger partial charge is 0.543 e. The van der Waals surface area contributed by atoms with E-state index in [0.29, 0.717) is 24.0 Å². The number of rotatable bonds is 14. The molecule has 0 radical (unpaired) electrons. The van der Waals surface area contributed by atoms with Gasteiger partial charge in [0.15, 0.2) is 35.6 Å². The summed E-state index contributed by atoms with van der Waals surface area (Å²) in [6.07, 6.45) is 11.0. The molecule has 4 aromatic rings. The molecule has 0 unspecified atom stereocenters. The number of nitrogen functional groups attached to an aromatic ring is 1. The molecule has 5 heterocycles. The minimum Gasteiger partial charge on any atom is -0.543 e. The fourth-order valence-corrected chi connectivity index (χ4v) is 8.97. The molecule has 1 saturated heterocycles. The minimum absolute atomic E-state index is 0.0747. The number of carbonyl (C=O) groups is 5. The number of thioether (sulfide) groups is 1. The Balaban J connectivity index is 0.00000189. The summed E-state index contributed by atoms with van der Waals surface area (Å²) in [4.78, 5) is 74.7. The number of pyridine rings is 1. The number of aliphatic carboxylic acids is 2. The number of hydrogen-bond donors (Lipinski definition) is 4. The van der Waals surface area contributed by atoms with Gasteiger partial charge >= 0.3 is 5.97 Å². The zero-order valence-electron chi connectivity index (χ0n) is 32.2. The van der Waals surface area contributed by atoms with Crippen molar-refractivity contribution in [2.45, 2.75) is 82.5 Å². The Morgan fingerprint density at radius 1 is 1.15 bits per heavy atom. The molecule has 18 nitrogen and oxygen atoms in total. The number of anilines is 1. The van der Waals surface area contributed by atoms with Crippen LogP contribution in [0.4, 0.5) is 5.13 Å². The molecule has 0 bridgehead atoms. The first kappa shape index (κ1) is 42.5. The van der Waals surface area contributed by atoms with Crippen LogP contribution in [0.25, 0.3) is 10.9 Å². The highest BCUT2D eigenvalue weighted by Gasteiger charge is 2.53. The Morgan fingerprint density at radius 2 is 1.86 bits per heavy atom. The van der Waals surface area contributed by atoms with Crippen LogP contribution < -0.4 is 21.1 Å². The third-order valence-electron chi connectivity index (χ3n) is 10.2. The molecule has 2 fully saturated rings. The number of aromatic nitrogens is 4. The summed E-state index contributed by atoms with van der Waals surface area (Å²) in [5.41, 5.74) is 13.2. The number of carbonyl (C=O) groups excluding carboxylic acids is 3. The molecule has 310 valence electrons. The van der Waals surface area contributed by atoms with E-state index in [4.69, 9.17) is 31.2 Å². The number of carboxylic acid groups (broad SMARTS) is 3. The highest BCUT2D eigenvalue weighted by Crippen LogP contribution is 2.45. The highest BCUT2D eigenvalue weighted by molar-refractivity contribution is 8.00. The summed E-state index contributed by atoms with van der Waals surface area (Å²) >= 11 is 2.39. The standard InChI is InChI=1S/C38H41N9O7S2.CH2O2/c1-38(2,36(52)53)54-44-30(27-20-56-37(40)43-27)29(48)14-26-33(49)47-31(35(50)51)24(19-55-34(26)47)18-45-13-12-28-23(17-45)15-41-46(28)16-21-8-10-22(11-9-21)32(39)42-25-6-4-3-5-7-25;2-1-3/h8-13,15,17,20,25-26,34H,3-7,14,16,18-19H2,1-2H3,(H5-,39,40,42,43,50,51,52,53);1H,(H,2,3)/b44-30-;/t26-,34-;/m1./s1. The number of ketones is 1. The Morgan fingerprint density at radius 3 is 2.51 bits per heavy atom. The van der Waals surface area contributed by atoms with Crippen molar-refractivity contribution in [2.24, 2.45) is 21.8 Å². The van der Waals surface area contributed by atoms with E-state index >= 15 is 0 Å². The molecular formula is C39H43N9O9S2. The van der Waals surface area contributed by atoms with Crippen molar-refractivity contribution in [1.29, 1.82) is 0 Å². The number of β-lactam (4-membered cyclic amide) rings is 1. The average molecular weight is 846 g/mol. The Hall–Kier alpha value is -6.15. The van der Waals surface area contributed by atoms with Crippen LogP contribution in [0, 0.1) is 5.92 Å². The summed E-state index contributed by atoms with van der Waals surface area (Å²) in [6, 6.07) is 10.2. The van der Waals surface area contributed by atoms with Crippen LogP contribution >= 0.6 is 23.1 Å². The third kappa shape index (κ3) is 9.60. The van der Waals surface area contributed by atoms with Gasteiger partial charge in [0.25, 0.3) is 6.47 Å². The lowest BCUT2D eigenvalue weighted by Gasteiger charge is -2.50. The molecule has 2 atom stereocenters. The first-order valence-corrected chi connectivity index (χ1v) is 20.6. The molecule has 1 aliphatic carbocycles. The number of hydrogen-bond acceptors (Lipinski definition) is 14. The lowest BCUT2D eigenvalue weighted by molar-refractivity contribution is -0.687. The van der Waals surface area contributed by atoms with Crippen LogP contribution in [0.15, 0.2) is 75.7 Å². The predicted octanol–water partition coefficient (Wildman–Crippen LogP) is 1.93. The molecule has 3 aromatic heterocycles. The van der Waals surface area contributed by atoms with E-state index in [1.54, 1.807) is 6.20 Å². The van der Waals surface area contributed by atoms with Crippen LogP contribution in [0.5, 0.6) is 0 Å². The lowest BCUT2D eigenvalue weighted by Crippen LogP contribution is -2.63. The van der Waals surface area contributed by atoms with Gasteiger partial charge in [-0.3, -0.25) is 29.0 Å². The fourth-order valence-electron chi connectivity index (χ4n) is 7.02. The van der Waals surface area contributed by atoms with Crippen LogP contribution in [-0.2, 0) is 41.9 Å².